The Labute approximate surface area is 142 Å². The second-order valence-electron chi connectivity index (χ2n) is 5.68. The van der Waals surface area contributed by atoms with Crippen LogP contribution in [0.1, 0.15) is 12.8 Å². The Bertz CT molecular complexity index is 920. The summed E-state index contributed by atoms with van der Waals surface area (Å²) in [6, 6.07) is 13.9. The van der Waals surface area contributed by atoms with E-state index in [2.05, 4.69) is 4.72 Å². The number of nitrogens with zero attached hydrogens (tertiary/aromatic N) is 1. The van der Waals surface area contributed by atoms with Crippen LogP contribution in [-0.4, -0.2) is 29.9 Å². The molecule has 2 aromatic carbocycles. The summed E-state index contributed by atoms with van der Waals surface area (Å²) in [7, 11) is -5.87. The number of hydrogen-bond donors (Lipinski definition) is 1. The van der Waals surface area contributed by atoms with Crippen LogP contribution in [0.2, 0.25) is 0 Å². The number of rotatable bonds is 6. The van der Waals surface area contributed by atoms with Crippen molar-refractivity contribution in [1.82, 2.24) is 4.72 Å². The van der Waals surface area contributed by atoms with Crippen molar-refractivity contribution >= 4 is 25.7 Å². The van der Waals surface area contributed by atoms with E-state index in [1.54, 1.807) is 30.3 Å². The Morgan fingerprint density at radius 1 is 0.875 bits per heavy atom. The van der Waals surface area contributed by atoms with E-state index in [4.69, 9.17) is 0 Å². The van der Waals surface area contributed by atoms with E-state index in [1.807, 2.05) is 0 Å². The molecular weight excluding hydrogens is 348 g/mol. The van der Waals surface area contributed by atoms with Crippen LogP contribution in [0.4, 0.5) is 5.69 Å². The second-order valence-corrected chi connectivity index (χ2v) is 9.36. The van der Waals surface area contributed by atoms with Crippen molar-refractivity contribution < 1.29 is 16.8 Å². The van der Waals surface area contributed by atoms with Crippen LogP contribution >= 0.6 is 0 Å². The third-order valence-corrected chi connectivity index (χ3v) is 7.15. The number of hydrogen-bond acceptors (Lipinski definition) is 4. The highest BCUT2D eigenvalue weighted by atomic mass is 32.2. The Balaban J connectivity index is 1.87. The van der Waals surface area contributed by atoms with Crippen LogP contribution in [0, 0.1) is 0 Å². The molecule has 2 aromatic rings. The molecule has 1 saturated carbocycles. The van der Waals surface area contributed by atoms with Gasteiger partial charge in [-0.2, -0.15) is 0 Å². The van der Waals surface area contributed by atoms with Crippen molar-refractivity contribution in [2.24, 2.45) is 0 Å². The number of benzene rings is 2. The SMILES string of the molecule is CN(c1ccccc1)S(=O)(=O)c1ccc(S(=O)(=O)NC2CC2)cc1. The third kappa shape index (κ3) is 3.45. The first kappa shape index (κ1) is 16.9. The summed E-state index contributed by atoms with van der Waals surface area (Å²) in [6.45, 7) is 0. The van der Waals surface area contributed by atoms with E-state index >= 15 is 0 Å². The topological polar surface area (TPSA) is 83.6 Å². The lowest BCUT2D eigenvalue weighted by atomic mass is 10.3. The van der Waals surface area contributed by atoms with Gasteiger partial charge in [-0.1, -0.05) is 18.2 Å². The maximum atomic E-state index is 12.6. The van der Waals surface area contributed by atoms with Crippen LogP contribution < -0.4 is 9.03 Å². The van der Waals surface area contributed by atoms with Crippen molar-refractivity contribution in [2.45, 2.75) is 28.7 Å². The summed E-state index contributed by atoms with van der Waals surface area (Å²) in [4.78, 5) is 0.106. The molecular formula is C16H18N2O4S2. The number of anilines is 1. The molecule has 0 unspecified atom stereocenters. The largest absolute Gasteiger partial charge is 0.269 e. The fourth-order valence-corrected chi connectivity index (χ4v) is 4.71. The lowest BCUT2D eigenvalue weighted by Gasteiger charge is -2.19. The van der Waals surface area contributed by atoms with Crippen molar-refractivity contribution in [2.75, 3.05) is 11.4 Å². The lowest BCUT2D eigenvalue weighted by molar-refractivity contribution is 0.580. The first-order chi connectivity index (χ1) is 11.3. The number of nitrogens with one attached hydrogen (secondary N) is 1. The van der Waals surface area contributed by atoms with Crippen molar-refractivity contribution in [1.29, 1.82) is 0 Å². The first-order valence-electron chi connectivity index (χ1n) is 7.47. The Morgan fingerprint density at radius 3 is 1.96 bits per heavy atom. The van der Waals surface area contributed by atoms with Crippen molar-refractivity contribution in [3.8, 4) is 0 Å². The van der Waals surface area contributed by atoms with E-state index in [0.717, 1.165) is 12.8 Å². The minimum atomic E-state index is -3.75. The molecule has 24 heavy (non-hydrogen) atoms. The molecule has 0 aliphatic heterocycles. The second kappa shape index (κ2) is 6.19. The number of para-hydroxylation sites is 1. The summed E-state index contributed by atoms with van der Waals surface area (Å²) < 4.78 is 53.3. The summed E-state index contributed by atoms with van der Waals surface area (Å²) in [5.41, 5.74) is 0.532. The molecule has 0 saturated heterocycles. The molecule has 1 fully saturated rings. The van der Waals surface area contributed by atoms with Gasteiger partial charge in [0, 0.05) is 13.1 Å². The fourth-order valence-electron chi connectivity index (χ4n) is 2.21. The molecule has 128 valence electrons. The average molecular weight is 366 g/mol. The normalized spacial score (nSPS) is 15.2. The molecule has 3 rings (SSSR count). The van der Waals surface area contributed by atoms with E-state index in [0.29, 0.717) is 5.69 Å². The van der Waals surface area contributed by atoms with E-state index in [-0.39, 0.29) is 15.8 Å². The molecule has 8 heteroatoms. The Hall–Kier alpha value is -1.90. The minimum Gasteiger partial charge on any atom is -0.269 e. The van der Waals surface area contributed by atoms with Gasteiger partial charge in [0.2, 0.25) is 10.0 Å². The predicted molar refractivity (Wildman–Crippen MR) is 91.8 cm³/mol. The zero-order valence-corrected chi connectivity index (χ0v) is 14.7. The quantitative estimate of drug-likeness (QED) is 0.847. The molecule has 0 bridgehead atoms. The van der Waals surface area contributed by atoms with Crippen LogP contribution in [0.5, 0.6) is 0 Å². The smallest absolute Gasteiger partial charge is 0.264 e. The van der Waals surface area contributed by atoms with Crippen LogP contribution in [-0.2, 0) is 20.0 Å². The van der Waals surface area contributed by atoms with Gasteiger partial charge in [-0.15, -0.1) is 0 Å². The van der Waals surface area contributed by atoms with Gasteiger partial charge in [0.1, 0.15) is 0 Å². The molecule has 0 spiro atoms. The molecule has 0 radical (unpaired) electrons. The van der Waals surface area contributed by atoms with Gasteiger partial charge in [-0.05, 0) is 49.2 Å². The van der Waals surface area contributed by atoms with E-state index in [1.165, 1.54) is 35.6 Å². The fraction of sp³-hybridized carbons (Fsp3) is 0.250. The Kier molecular flexibility index (Phi) is 4.37. The summed E-state index contributed by atoms with van der Waals surface area (Å²) >= 11 is 0. The minimum absolute atomic E-state index is 0.00243. The highest BCUT2D eigenvalue weighted by Gasteiger charge is 2.28. The van der Waals surface area contributed by atoms with E-state index < -0.39 is 20.0 Å². The lowest BCUT2D eigenvalue weighted by Crippen LogP contribution is -2.27. The zero-order chi connectivity index (χ0) is 17.4. The molecule has 1 N–H and O–H groups in total. The monoisotopic (exact) mass is 366 g/mol. The van der Waals surface area contributed by atoms with Crippen LogP contribution in [0.25, 0.3) is 0 Å². The zero-order valence-electron chi connectivity index (χ0n) is 13.1. The van der Waals surface area contributed by atoms with Crippen molar-refractivity contribution in [3.63, 3.8) is 0 Å². The van der Waals surface area contributed by atoms with Gasteiger partial charge >= 0.3 is 0 Å². The average Bonchev–Trinajstić information content (AvgIpc) is 3.38. The van der Waals surface area contributed by atoms with Gasteiger partial charge in [-0.3, -0.25) is 4.31 Å². The first-order valence-corrected chi connectivity index (χ1v) is 10.4. The van der Waals surface area contributed by atoms with Gasteiger partial charge in [-0.25, -0.2) is 21.6 Å². The predicted octanol–water partition coefficient (Wildman–Crippen LogP) is 1.95. The maximum Gasteiger partial charge on any atom is 0.264 e. The highest BCUT2D eigenvalue weighted by Crippen LogP contribution is 2.25. The molecule has 0 heterocycles. The Morgan fingerprint density at radius 2 is 1.42 bits per heavy atom. The van der Waals surface area contributed by atoms with Crippen molar-refractivity contribution in [3.05, 3.63) is 54.6 Å². The maximum absolute atomic E-state index is 12.6. The van der Waals surface area contributed by atoms with Gasteiger partial charge < -0.3 is 0 Å². The number of sulfonamides is 2. The molecule has 0 aromatic heterocycles. The van der Waals surface area contributed by atoms with Crippen LogP contribution in [0.3, 0.4) is 0 Å². The van der Waals surface area contributed by atoms with Gasteiger partial charge in [0.25, 0.3) is 10.0 Å². The summed E-state index contributed by atoms with van der Waals surface area (Å²) in [5, 5.41) is 0. The summed E-state index contributed by atoms with van der Waals surface area (Å²) in [5.74, 6) is 0. The standard InChI is InChI=1S/C16H18N2O4S2/c1-18(14-5-3-2-4-6-14)24(21,22)16-11-9-15(10-12-16)23(19,20)17-13-7-8-13/h2-6,9-13,17H,7-8H2,1H3. The van der Waals surface area contributed by atoms with Gasteiger partial charge in [0.05, 0.1) is 15.5 Å². The molecule has 1 aliphatic rings. The summed E-state index contributed by atoms with van der Waals surface area (Å²) in [6.07, 6.45) is 1.68. The molecule has 0 amide bonds. The molecule has 6 nitrogen and oxygen atoms in total. The third-order valence-electron chi connectivity index (χ3n) is 3.81. The molecule has 0 atom stereocenters. The molecule has 1 aliphatic carbocycles. The van der Waals surface area contributed by atoms with Gasteiger partial charge in [0.15, 0.2) is 0 Å². The van der Waals surface area contributed by atoms with E-state index in [9.17, 15) is 16.8 Å². The highest BCUT2D eigenvalue weighted by molar-refractivity contribution is 7.92. The van der Waals surface area contributed by atoms with Crippen LogP contribution in [0.15, 0.2) is 64.4 Å².